The number of rotatable bonds is 10. The highest BCUT2D eigenvalue weighted by Crippen LogP contribution is 2.22. The van der Waals surface area contributed by atoms with Crippen molar-refractivity contribution in [3.8, 4) is 0 Å². The van der Waals surface area contributed by atoms with Gasteiger partial charge in [0.25, 0.3) is 0 Å². The molecule has 0 aromatic carbocycles. The van der Waals surface area contributed by atoms with Crippen LogP contribution in [0.1, 0.15) is 39.5 Å². The Bertz CT molecular complexity index is 190. The number of ether oxygens (including phenoxy) is 3. The van der Waals surface area contributed by atoms with E-state index >= 15 is 0 Å². The van der Waals surface area contributed by atoms with Crippen molar-refractivity contribution >= 4 is 0 Å². The van der Waals surface area contributed by atoms with Crippen LogP contribution < -0.4 is 0 Å². The normalized spacial score (nSPS) is 30.0. The predicted octanol–water partition coefficient (Wildman–Crippen LogP) is 2.63. The van der Waals surface area contributed by atoms with Gasteiger partial charge in [-0.05, 0) is 37.5 Å². The monoisotopic (exact) mass is 242 g/mol. The lowest BCUT2D eigenvalue weighted by Crippen LogP contribution is -2.08. The molecule has 0 radical (unpaired) electrons. The van der Waals surface area contributed by atoms with E-state index in [4.69, 9.17) is 14.2 Å². The van der Waals surface area contributed by atoms with Gasteiger partial charge < -0.3 is 14.2 Å². The van der Waals surface area contributed by atoms with E-state index in [0.717, 1.165) is 38.3 Å². The molecule has 2 saturated heterocycles. The summed E-state index contributed by atoms with van der Waals surface area (Å²) in [6, 6.07) is 0. The summed E-state index contributed by atoms with van der Waals surface area (Å²) in [7, 11) is 0. The summed E-state index contributed by atoms with van der Waals surface area (Å²) in [6.07, 6.45) is 5.87. The first-order chi connectivity index (χ1) is 8.24. The number of hydrogen-bond donors (Lipinski definition) is 0. The Labute approximate surface area is 105 Å². The maximum absolute atomic E-state index is 5.70. The maximum Gasteiger partial charge on any atom is 0.0812 e. The van der Waals surface area contributed by atoms with Gasteiger partial charge in [0.05, 0.1) is 25.4 Å². The zero-order chi connectivity index (χ0) is 12.1. The van der Waals surface area contributed by atoms with Gasteiger partial charge in [0.15, 0.2) is 0 Å². The fourth-order valence-electron chi connectivity index (χ4n) is 2.21. The topological polar surface area (TPSA) is 34.3 Å². The van der Waals surface area contributed by atoms with Crippen molar-refractivity contribution in [2.45, 2.75) is 51.7 Å². The maximum atomic E-state index is 5.70. The van der Waals surface area contributed by atoms with Gasteiger partial charge in [0.2, 0.25) is 0 Å². The van der Waals surface area contributed by atoms with Gasteiger partial charge in [0, 0.05) is 13.2 Å². The summed E-state index contributed by atoms with van der Waals surface area (Å²) in [6.45, 7) is 8.34. The van der Waals surface area contributed by atoms with Crippen molar-refractivity contribution in [1.82, 2.24) is 0 Å². The molecule has 2 aliphatic rings. The second kappa shape index (κ2) is 6.72. The average molecular weight is 242 g/mol. The van der Waals surface area contributed by atoms with Gasteiger partial charge in [-0.1, -0.05) is 13.8 Å². The average Bonchev–Trinajstić information content (AvgIpc) is 3.13. The van der Waals surface area contributed by atoms with Crippen LogP contribution in [-0.4, -0.2) is 38.6 Å². The fraction of sp³-hybridized carbons (Fsp3) is 1.00. The fourth-order valence-corrected chi connectivity index (χ4v) is 2.21. The molecule has 0 aromatic heterocycles. The molecule has 0 amide bonds. The molecule has 17 heavy (non-hydrogen) atoms. The van der Waals surface area contributed by atoms with E-state index in [0.29, 0.717) is 12.2 Å². The molecule has 3 nitrogen and oxygen atoms in total. The Morgan fingerprint density at radius 1 is 0.941 bits per heavy atom. The van der Waals surface area contributed by atoms with Crippen LogP contribution in [-0.2, 0) is 14.2 Å². The summed E-state index contributed by atoms with van der Waals surface area (Å²) in [5.74, 6) is 1.47. The summed E-state index contributed by atoms with van der Waals surface area (Å²) in [5, 5.41) is 0. The van der Waals surface area contributed by atoms with Crippen LogP contribution in [0.15, 0.2) is 0 Å². The minimum Gasteiger partial charge on any atom is -0.381 e. The molecule has 2 fully saturated rings. The van der Waals surface area contributed by atoms with Gasteiger partial charge in [0.1, 0.15) is 0 Å². The standard InChI is InChI=1S/C14H26O3/c1-11(7-13-9-16-13)3-5-15-6-4-12(2)8-14-10-17-14/h11-14H,3-10H2,1-2H3. The first-order valence-electron chi connectivity index (χ1n) is 7.05. The minimum absolute atomic E-state index is 0.559. The van der Waals surface area contributed by atoms with Crippen molar-refractivity contribution in [2.24, 2.45) is 11.8 Å². The number of hydrogen-bond acceptors (Lipinski definition) is 3. The molecule has 4 unspecified atom stereocenters. The molecule has 2 aliphatic heterocycles. The Balaban J connectivity index is 1.37. The lowest BCUT2D eigenvalue weighted by Gasteiger charge is -2.12. The zero-order valence-electron chi connectivity index (χ0n) is 11.2. The molecule has 3 heteroatoms. The quantitative estimate of drug-likeness (QED) is 0.436. The number of epoxide rings is 2. The van der Waals surface area contributed by atoms with E-state index in [1.165, 1.54) is 25.7 Å². The molecule has 0 N–H and O–H groups in total. The van der Waals surface area contributed by atoms with Crippen LogP contribution in [0, 0.1) is 11.8 Å². The highest BCUT2D eigenvalue weighted by molar-refractivity contribution is 4.72. The molecule has 2 heterocycles. The lowest BCUT2D eigenvalue weighted by atomic mass is 10.0. The third-order valence-electron chi connectivity index (χ3n) is 3.65. The third kappa shape index (κ3) is 6.39. The molecular formula is C14H26O3. The SMILES string of the molecule is CC(CCOCCC(C)CC1CO1)CC1CO1. The molecule has 0 bridgehead atoms. The predicted molar refractivity (Wildman–Crippen MR) is 67.1 cm³/mol. The van der Waals surface area contributed by atoms with Crippen LogP contribution in [0.4, 0.5) is 0 Å². The van der Waals surface area contributed by atoms with E-state index in [9.17, 15) is 0 Å². The Morgan fingerprint density at radius 3 is 1.71 bits per heavy atom. The van der Waals surface area contributed by atoms with Crippen molar-refractivity contribution in [2.75, 3.05) is 26.4 Å². The molecule has 0 saturated carbocycles. The van der Waals surface area contributed by atoms with Gasteiger partial charge in [-0.3, -0.25) is 0 Å². The smallest absolute Gasteiger partial charge is 0.0812 e. The van der Waals surface area contributed by atoms with Crippen LogP contribution in [0.2, 0.25) is 0 Å². The van der Waals surface area contributed by atoms with E-state index < -0.39 is 0 Å². The van der Waals surface area contributed by atoms with Crippen LogP contribution in [0.3, 0.4) is 0 Å². The molecule has 2 rings (SSSR count). The van der Waals surface area contributed by atoms with Gasteiger partial charge in [-0.2, -0.15) is 0 Å². The molecule has 0 aromatic rings. The summed E-state index contributed by atoms with van der Waals surface area (Å²) in [5.41, 5.74) is 0. The first kappa shape index (κ1) is 13.3. The van der Waals surface area contributed by atoms with Crippen molar-refractivity contribution in [3.05, 3.63) is 0 Å². The third-order valence-corrected chi connectivity index (χ3v) is 3.65. The molecule has 0 spiro atoms. The minimum atomic E-state index is 0.559. The highest BCUT2D eigenvalue weighted by Gasteiger charge is 2.25. The van der Waals surface area contributed by atoms with E-state index in [-0.39, 0.29) is 0 Å². The Kier molecular flexibility index (Phi) is 5.26. The van der Waals surface area contributed by atoms with Crippen molar-refractivity contribution in [3.63, 3.8) is 0 Å². The largest absolute Gasteiger partial charge is 0.381 e. The Hall–Kier alpha value is -0.120. The summed E-state index contributed by atoms with van der Waals surface area (Å²) < 4.78 is 16.2. The zero-order valence-corrected chi connectivity index (χ0v) is 11.2. The molecular weight excluding hydrogens is 216 g/mol. The van der Waals surface area contributed by atoms with Crippen molar-refractivity contribution < 1.29 is 14.2 Å². The van der Waals surface area contributed by atoms with Gasteiger partial charge >= 0.3 is 0 Å². The van der Waals surface area contributed by atoms with Crippen LogP contribution in [0.25, 0.3) is 0 Å². The lowest BCUT2D eigenvalue weighted by molar-refractivity contribution is 0.107. The molecule has 4 atom stereocenters. The van der Waals surface area contributed by atoms with Gasteiger partial charge in [-0.15, -0.1) is 0 Å². The molecule has 0 aliphatic carbocycles. The summed E-state index contributed by atoms with van der Waals surface area (Å²) in [4.78, 5) is 0. The molecule has 100 valence electrons. The van der Waals surface area contributed by atoms with Gasteiger partial charge in [-0.25, -0.2) is 0 Å². The Morgan fingerprint density at radius 2 is 1.35 bits per heavy atom. The summed E-state index contributed by atoms with van der Waals surface area (Å²) >= 11 is 0. The van der Waals surface area contributed by atoms with Crippen molar-refractivity contribution in [1.29, 1.82) is 0 Å². The van der Waals surface area contributed by atoms with Crippen LogP contribution in [0.5, 0.6) is 0 Å². The second-order valence-electron chi connectivity index (χ2n) is 5.78. The van der Waals surface area contributed by atoms with E-state index in [1.54, 1.807) is 0 Å². The van der Waals surface area contributed by atoms with E-state index in [2.05, 4.69) is 13.8 Å². The van der Waals surface area contributed by atoms with E-state index in [1.807, 2.05) is 0 Å². The van der Waals surface area contributed by atoms with Crippen LogP contribution >= 0.6 is 0 Å². The second-order valence-corrected chi connectivity index (χ2v) is 5.78. The highest BCUT2D eigenvalue weighted by atomic mass is 16.6. The first-order valence-corrected chi connectivity index (χ1v) is 7.05.